The van der Waals surface area contributed by atoms with Crippen molar-refractivity contribution in [2.24, 2.45) is 0 Å². The topological polar surface area (TPSA) is 85.5 Å². The van der Waals surface area contributed by atoms with Gasteiger partial charge in [-0.15, -0.1) is 22.7 Å². The second-order valence-electron chi connectivity index (χ2n) is 29.8. The molecule has 3 atom stereocenters. The molecule has 8 nitrogen and oxygen atoms in total. The van der Waals surface area contributed by atoms with E-state index in [4.69, 9.17) is 29.9 Å². The van der Waals surface area contributed by atoms with E-state index in [2.05, 4.69) is 349 Å². The number of allylic oxidation sites excluding steroid dienone is 4. The van der Waals surface area contributed by atoms with Gasteiger partial charge >= 0.3 is 0 Å². The molecular formula is C102H66N8S2. The first-order valence-corrected chi connectivity index (χ1v) is 40.2. The predicted molar refractivity (Wildman–Crippen MR) is 467 cm³/mol. The second-order valence-corrected chi connectivity index (χ2v) is 31.8. The molecule has 0 amide bonds. The van der Waals surface area contributed by atoms with E-state index in [1.807, 2.05) is 28.7 Å². The summed E-state index contributed by atoms with van der Waals surface area (Å²) in [6.45, 7) is 0. The quantitative estimate of drug-likeness (QED) is 0.128. The number of para-hydroxylation sites is 1. The number of benzene rings is 14. The van der Waals surface area contributed by atoms with Crippen LogP contribution >= 0.6 is 22.7 Å². The lowest BCUT2D eigenvalue weighted by atomic mass is 9.88. The van der Waals surface area contributed by atoms with Gasteiger partial charge in [0.2, 0.25) is 0 Å². The highest BCUT2D eigenvalue weighted by Crippen LogP contribution is 2.55. The van der Waals surface area contributed by atoms with Gasteiger partial charge in [0.05, 0.1) is 43.8 Å². The molecule has 112 heavy (non-hydrogen) atoms. The number of nitrogens with zero attached hydrogens (tertiary/aromatic N) is 8. The van der Waals surface area contributed by atoms with Crippen LogP contribution in [0.4, 0.5) is 11.4 Å². The summed E-state index contributed by atoms with van der Waals surface area (Å²) in [7, 11) is 0. The van der Waals surface area contributed by atoms with Gasteiger partial charge in [0.25, 0.3) is 0 Å². The monoisotopic (exact) mass is 1470 g/mol. The van der Waals surface area contributed by atoms with Crippen LogP contribution in [0.1, 0.15) is 57.6 Å². The number of anilines is 2. The zero-order chi connectivity index (χ0) is 73.5. The van der Waals surface area contributed by atoms with Gasteiger partial charge in [0.1, 0.15) is 5.82 Å². The van der Waals surface area contributed by atoms with Crippen LogP contribution in [0.25, 0.3) is 182 Å². The third-order valence-electron chi connectivity index (χ3n) is 23.4. The molecule has 10 heteroatoms. The highest BCUT2D eigenvalue weighted by atomic mass is 32.1. The van der Waals surface area contributed by atoms with Gasteiger partial charge < -0.3 is 9.47 Å². The fourth-order valence-electron chi connectivity index (χ4n) is 18.1. The summed E-state index contributed by atoms with van der Waals surface area (Å²) < 4.78 is 6.13. The summed E-state index contributed by atoms with van der Waals surface area (Å²) in [4.78, 5) is 36.4. The average Bonchev–Trinajstić information content (AvgIpc) is 1.57. The first-order chi connectivity index (χ1) is 55.5. The van der Waals surface area contributed by atoms with Gasteiger partial charge in [-0.25, -0.2) is 29.9 Å². The molecule has 3 aliphatic carbocycles. The molecule has 0 spiro atoms. The summed E-state index contributed by atoms with van der Waals surface area (Å²) in [5.74, 6) is 4.05. The third-order valence-corrected chi connectivity index (χ3v) is 26.0. The summed E-state index contributed by atoms with van der Waals surface area (Å²) in [5, 5.41) is 11.1. The Balaban J connectivity index is 0.582. The van der Waals surface area contributed by atoms with E-state index in [0.29, 0.717) is 29.1 Å². The molecular weight excluding hydrogens is 1400 g/mol. The molecule has 0 N–H and O–H groups in total. The molecule has 5 aromatic heterocycles. The Labute approximate surface area is 654 Å². The zero-order valence-electron chi connectivity index (χ0n) is 60.7. The number of aromatic nitrogens is 7. The summed E-state index contributed by atoms with van der Waals surface area (Å²) in [6, 6.07) is 108. The van der Waals surface area contributed by atoms with Crippen molar-refractivity contribution in [2.75, 3.05) is 4.90 Å². The molecule has 6 heterocycles. The minimum absolute atomic E-state index is 0.0949. The van der Waals surface area contributed by atoms with Gasteiger partial charge in [-0.2, -0.15) is 0 Å². The Hall–Kier alpha value is -13.6. The SMILES string of the molecule is C1=CC2c3c(ccc4ccccc34)N(c3cccc4c3sc3c(-c5nc(-c6cccc(-c7ccc(-c8ccccc8-c8cccc(-c9nc(-c%10ccccc%10)nc(C%10CC=Cc%11c%10sc%10c(-n%12c%13ccccc%13c%13cc%14c(cc%13%12)C=CCC%14)cccc%11%10)n9)c8)cc7)c6)nc(-c6ccc7ccccc7c6)n5)cccc34)C2C=C1. The van der Waals surface area contributed by atoms with E-state index >= 15 is 0 Å². The lowest BCUT2D eigenvalue weighted by Crippen LogP contribution is -2.28. The van der Waals surface area contributed by atoms with Crippen molar-refractivity contribution in [1.82, 2.24) is 34.5 Å². The largest absolute Gasteiger partial charge is 0.332 e. The standard InChI is InChI=1S/C102H66N8S2/c1-2-24-65(25-3-1)97-103-99(107-101(105-97)83-42-18-39-79-81-41-21-47-90(96(81)112-93(79)83)110-86-44-14-12-36-77(86)85-59-68-27-6-7-28-69(68)60-91(85)110)72-32-17-30-70(58-72)75-34-11-10-33-74(75)64-51-48-62(49-52-64)67-29-16-31-71(56-67)98-104-100(73-53-50-61-22-4-5-26-66(61)57-73)108-102(106-98)84-43-19-38-78-80-40-20-46-89(95(80)111-94(78)84)109-87-45-15-13-37-82(87)92-76-35-9-8-23-63(76)54-55-88(92)109/h1-5,7-26,28-41,43-60,82-83,87H,6,27,42H2. The van der Waals surface area contributed by atoms with Crippen molar-refractivity contribution < 1.29 is 0 Å². The van der Waals surface area contributed by atoms with Gasteiger partial charge in [-0.3, -0.25) is 0 Å². The number of fused-ring (bicyclic) bond motifs is 16. The molecule has 526 valence electrons. The van der Waals surface area contributed by atoms with Crippen molar-refractivity contribution in [3.8, 4) is 96.0 Å². The minimum Gasteiger partial charge on any atom is -0.332 e. The van der Waals surface area contributed by atoms with Gasteiger partial charge in [0, 0.05) is 75.9 Å². The van der Waals surface area contributed by atoms with E-state index in [-0.39, 0.29) is 17.9 Å². The first kappa shape index (κ1) is 64.4. The number of hydrogen-bond acceptors (Lipinski definition) is 9. The molecule has 19 aromatic rings. The zero-order valence-corrected chi connectivity index (χ0v) is 62.3. The highest BCUT2D eigenvalue weighted by molar-refractivity contribution is 7.27. The second kappa shape index (κ2) is 26.0. The molecule has 1 aliphatic heterocycles. The van der Waals surface area contributed by atoms with Gasteiger partial charge in [0.15, 0.2) is 29.1 Å². The number of thiophene rings is 2. The smallest absolute Gasteiger partial charge is 0.165 e. The van der Waals surface area contributed by atoms with Crippen LogP contribution < -0.4 is 4.90 Å². The van der Waals surface area contributed by atoms with E-state index in [0.717, 1.165) is 102 Å². The maximum Gasteiger partial charge on any atom is 0.165 e. The minimum atomic E-state index is -0.0949. The fourth-order valence-corrected chi connectivity index (χ4v) is 20.8. The summed E-state index contributed by atoms with van der Waals surface area (Å²) in [6.07, 6.45) is 21.3. The van der Waals surface area contributed by atoms with Crippen LogP contribution in [0.5, 0.6) is 0 Å². The molecule has 14 aromatic carbocycles. The van der Waals surface area contributed by atoms with Crippen LogP contribution in [0.2, 0.25) is 0 Å². The molecule has 4 aliphatic rings. The third kappa shape index (κ3) is 10.5. The highest BCUT2D eigenvalue weighted by Gasteiger charge is 2.40. The van der Waals surface area contributed by atoms with Crippen LogP contribution in [-0.4, -0.2) is 40.5 Å². The van der Waals surface area contributed by atoms with Crippen LogP contribution in [0.15, 0.2) is 334 Å². The molecule has 0 fully saturated rings. The van der Waals surface area contributed by atoms with E-state index in [1.165, 1.54) is 102 Å². The van der Waals surface area contributed by atoms with E-state index in [9.17, 15) is 0 Å². The number of hydrogen-bond donors (Lipinski definition) is 0. The van der Waals surface area contributed by atoms with Crippen molar-refractivity contribution in [1.29, 1.82) is 0 Å². The lowest BCUT2D eigenvalue weighted by molar-refractivity contribution is 0.749. The maximum atomic E-state index is 5.52. The van der Waals surface area contributed by atoms with E-state index < -0.39 is 0 Å². The Kier molecular flexibility index (Phi) is 15.0. The Morgan fingerprint density at radius 2 is 0.929 bits per heavy atom. The number of rotatable bonds is 11. The van der Waals surface area contributed by atoms with Crippen molar-refractivity contribution in [3.05, 3.63) is 367 Å². The van der Waals surface area contributed by atoms with E-state index in [1.54, 1.807) is 0 Å². The Morgan fingerprint density at radius 3 is 1.77 bits per heavy atom. The Morgan fingerprint density at radius 1 is 0.339 bits per heavy atom. The molecule has 23 rings (SSSR count). The molecule has 0 saturated heterocycles. The number of aryl methyl sites for hydroxylation is 1. The van der Waals surface area contributed by atoms with Crippen LogP contribution in [0.3, 0.4) is 0 Å². The molecule has 3 unspecified atom stereocenters. The van der Waals surface area contributed by atoms with Crippen molar-refractivity contribution in [2.45, 2.75) is 37.1 Å². The van der Waals surface area contributed by atoms with Crippen LogP contribution in [0, 0.1) is 0 Å². The molecule has 0 radical (unpaired) electrons. The van der Waals surface area contributed by atoms with Gasteiger partial charge in [-0.1, -0.05) is 285 Å². The summed E-state index contributed by atoms with van der Waals surface area (Å²) >= 11 is 3.71. The lowest BCUT2D eigenvalue weighted by Gasteiger charge is -2.29. The average molecular weight is 1470 g/mol. The molecule has 0 saturated carbocycles. The van der Waals surface area contributed by atoms with Crippen molar-refractivity contribution in [3.63, 3.8) is 0 Å². The normalized spacial score (nSPS) is 15.5. The Bertz CT molecular complexity index is 7280. The fraction of sp³-hybridized carbons (Fsp3) is 0.0588. The maximum absolute atomic E-state index is 5.52. The molecule has 0 bridgehead atoms. The van der Waals surface area contributed by atoms with Gasteiger partial charge in [-0.05, 0) is 157 Å². The van der Waals surface area contributed by atoms with Crippen molar-refractivity contribution >= 4 is 120 Å². The predicted octanol–water partition coefficient (Wildman–Crippen LogP) is 26.6. The summed E-state index contributed by atoms with van der Waals surface area (Å²) in [5.41, 5.74) is 22.6. The van der Waals surface area contributed by atoms with Crippen LogP contribution in [-0.2, 0) is 6.42 Å². The first-order valence-electron chi connectivity index (χ1n) is 38.5.